The zero-order chi connectivity index (χ0) is 31.3. The SMILES string of the molecule is CC1=C2C(=C3C[C@]3(COC(=O)c3ccc(S(=O)(=O)F)cc3)[C@@H]2OC(=O)c2ccc(S(=O)(=O)F)cc2)C(=O)[C@](C)(O)C12CC2. The molecule has 0 radical (unpaired) electrons. The van der Waals surface area contributed by atoms with E-state index in [2.05, 4.69) is 0 Å². The van der Waals surface area contributed by atoms with Crippen molar-refractivity contribution in [1.29, 1.82) is 0 Å². The molecule has 0 aromatic heterocycles. The highest BCUT2D eigenvalue weighted by Crippen LogP contribution is 2.72. The molecule has 6 rings (SSSR count). The van der Waals surface area contributed by atoms with Crippen LogP contribution in [0.25, 0.3) is 0 Å². The van der Waals surface area contributed by atoms with Gasteiger partial charge in [-0.3, -0.25) is 4.79 Å². The number of carbonyl (C=O) groups excluding carboxylic acids is 3. The van der Waals surface area contributed by atoms with Gasteiger partial charge in [0.15, 0.2) is 5.78 Å². The standard InChI is InChI=1S/C29H24F2O10S2/c1-15-21-22(23(32)27(2,35)29(15)11-12-29)20-13-28(20,14-40-25(33)16-3-7-18(8-4-16)42(30,36)37)24(21)41-26(34)17-5-9-19(10-6-17)43(31,38)39/h3-10,24,35H,11-14H2,1-2H3/t24-,27+,28-/m1/s1. The molecular formula is C29H24F2O10S2. The van der Waals surface area contributed by atoms with Crippen LogP contribution in [0.2, 0.25) is 0 Å². The summed E-state index contributed by atoms with van der Waals surface area (Å²) < 4.78 is 82.6. The van der Waals surface area contributed by atoms with E-state index < -0.39 is 70.5 Å². The van der Waals surface area contributed by atoms with Gasteiger partial charge in [-0.05, 0) is 87.2 Å². The summed E-state index contributed by atoms with van der Waals surface area (Å²) in [4.78, 5) is 38.5. The van der Waals surface area contributed by atoms with Crippen LogP contribution in [0.4, 0.5) is 7.77 Å². The third-order valence-corrected chi connectivity index (χ3v) is 10.9. The fraction of sp³-hybridized carbons (Fsp3) is 0.345. The summed E-state index contributed by atoms with van der Waals surface area (Å²) >= 11 is 0. The molecule has 226 valence electrons. The molecule has 1 spiro atoms. The van der Waals surface area contributed by atoms with Crippen LogP contribution in [-0.4, -0.2) is 58.0 Å². The number of hydrogen-bond acceptors (Lipinski definition) is 10. The molecule has 4 aliphatic carbocycles. The van der Waals surface area contributed by atoms with Crippen LogP contribution in [0.15, 0.2) is 80.6 Å². The van der Waals surface area contributed by atoms with E-state index >= 15 is 0 Å². The van der Waals surface area contributed by atoms with Gasteiger partial charge < -0.3 is 14.6 Å². The maximum absolute atomic E-state index is 13.7. The highest BCUT2D eigenvalue weighted by atomic mass is 32.3. The van der Waals surface area contributed by atoms with E-state index in [-0.39, 0.29) is 29.7 Å². The van der Waals surface area contributed by atoms with Gasteiger partial charge >= 0.3 is 32.4 Å². The first-order chi connectivity index (χ1) is 19.9. The van der Waals surface area contributed by atoms with Gasteiger partial charge in [-0.1, -0.05) is 5.57 Å². The Kier molecular flexibility index (Phi) is 6.23. The number of ketones is 1. The lowest BCUT2D eigenvalue weighted by molar-refractivity contribution is -0.138. The van der Waals surface area contributed by atoms with Gasteiger partial charge in [-0.2, -0.15) is 16.8 Å². The van der Waals surface area contributed by atoms with Crippen molar-refractivity contribution >= 4 is 38.2 Å². The third-order valence-electron chi connectivity index (χ3n) is 9.21. The first-order valence-corrected chi connectivity index (χ1v) is 15.9. The van der Waals surface area contributed by atoms with Crippen molar-refractivity contribution in [2.45, 2.75) is 54.6 Å². The summed E-state index contributed by atoms with van der Waals surface area (Å²) in [5, 5.41) is 11.3. The number of hydrogen-bond donors (Lipinski definition) is 1. The van der Waals surface area contributed by atoms with Gasteiger partial charge in [0, 0.05) is 16.6 Å². The van der Waals surface area contributed by atoms with Crippen LogP contribution in [0, 0.1) is 10.8 Å². The van der Waals surface area contributed by atoms with Gasteiger partial charge in [0.05, 0.1) is 26.3 Å². The molecule has 0 bridgehead atoms. The molecule has 2 saturated carbocycles. The summed E-state index contributed by atoms with van der Waals surface area (Å²) in [6.07, 6.45) is 0.183. The number of esters is 2. The second-order valence-corrected chi connectivity index (χ2v) is 14.2. The Balaban J connectivity index is 1.33. The lowest BCUT2D eigenvalue weighted by Gasteiger charge is -2.40. The molecule has 1 N–H and O–H groups in total. The molecule has 3 atom stereocenters. The molecule has 0 heterocycles. The minimum Gasteiger partial charge on any atom is -0.461 e. The molecule has 0 unspecified atom stereocenters. The van der Waals surface area contributed by atoms with Crippen molar-refractivity contribution in [2.75, 3.05) is 6.61 Å². The number of Topliss-reactive ketones (excluding diaryl/α,β-unsaturated/α-hetero) is 1. The van der Waals surface area contributed by atoms with E-state index in [1.165, 1.54) is 6.92 Å². The predicted molar refractivity (Wildman–Crippen MR) is 143 cm³/mol. The summed E-state index contributed by atoms with van der Waals surface area (Å²) in [6.45, 7) is 2.88. The molecule has 0 aliphatic heterocycles. The quantitative estimate of drug-likeness (QED) is 0.353. The Morgan fingerprint density at radius 3 is 1.86 bits per heavy atom. The molecule has 14 heteroatoms. The smallest absolute Gasteiger partial charge is 0.338 e. The highest BCUT2D eigenvalue weighted by Gasteiger charge is 2.73. The van der Waals surface area contributed by atoms with Crippen LogP contribution in [0.5, 0.6) is 0 Å². The molecule has 2 aromatic rings. The van der Waals surface area contributed by atoms with Gasteiger partial charge in [-0.25, -0.2) is 9.59 Å². The fourth-order valence-corrected chi connectivity index (χ4v) is 7.41. The number of halogens is 2. The first kappa shape index (κ1) is 29.3. The van der Waals surface area contributed by atoms with Gasteiger partial charge in [0.1, 0.15) is 18.3 Å². The lowest BCUT2D eigenvalue weighted by atomic mass is 9.67. The number of benzene rings is 2. The molecular weight excluding hydrogens is 610 g/mol. The maximum atomic E-state index is 13.7. The molecule has 0 saturated heterocycles. The van der Waals surface area contributed by atoms with Crippen LogP contribution in [0.1, 0.15) is 53.8 Å². The van der Waals surface area contributed by atoms with Crippen molar-refractivity contribution in [3.63, 3.8) is 0 Å². The summed E-state index contributed by atoms with van der Waals surface area (Å²) in [7, 11) is -9.97. The second-order valence-electron chi connectivity index (χ2n) is 11.5. The first-order valence-electron chi connectivity index (χ1n) is 13.1. The minimum atomic E-state index is -5.00. The second kappa shape index (κ2) is 9.13. The Labute approximate surface area is 245 Å². The normalized spacial score (nSPS) is 27.1. The highest BCUT2D eigenvalue weighted by molar-refractivity contribution is 7.86. The molecule has 43 heavy (non-hydrogen) atoms. The molecule has 10 nitrogen and oxygen atoms in total. The summed E-state index contributed by atoms with van der Waals surface area (Å²) in [6, 6.07) is 7.97. The van der Waals surface area contributed by atoms with E-state index in [1.807, 2.05) is 0 Å². The zero-order valence-corrected chi connectivity index (χ0v) is 24.4. The van der Waals surface area contributed by atoms with E-state index in [1.54, 1.807) is 6.92 Å². The van der Waals surface area contributed by atoms with E-state index in [9.17, 15) is 44.1 Å². The van der Waals surface area contributed by atoms with Crippen molar-refractivity contribution in [1.82, 2.24) is 0 Å². The van der Waals surface area contributed by atoms with Crippen molar-refractivity contribution in [3.8, 4) is 0 Å². The fourth-order valence-electron chi connectivity index (χ4n) is 6.49. The van der Waals surface area contributed by atoms with Crippen molar-refractivity contribution in [2.24, 2.45) is 10.8 Å². The van der Waals surface area contributed by atoms with E-state index in [0.717, 1.165) is 48.5 Å². The molecule has 2 fully saturated rings. The van der Waals surface area contributed by atoms with Crippen LogP contribution in [-0.2, 0) is 34.7 Å². The van der Waals surface area contributed by atoms with Crippen molar-refractivity contribution in [3.05, 3.63) is 82.0 Å². The topological polar surface area (TPSA) is 158 Å². The number of carbonyl (C=O) groups is 3. The molecule has 0 amide bonds. The Hall–Kier alpha value is -3.75. The monoisotopic (exact) mass is 634 g/mol. The van der Waals surface area contributed by atoms with Gasteiger partial charge in [0.2, 0.25) is 0 Å². The summed E-state index contributed by atoms with van der Waals surface area (Å²) in [5.74, 6) is -2.30. The molecule has 4 aliphatic rings. The minimum absolute atomic E-state index is 0.0724. The lowest BCUT2D eigenvalue weighted by Crippen LogP contribution is -2.50. The number of aliphatic hydroxyl groups is 1. The molecule has 2 aromatic carbocycles. The average molecular weight is 635 g/mol. The number of fused-ring (bicyclic) bond motifs is 2. The number of rotatable bonds is 7. The zero-order valence-electron chi connectivity index (χ0n) is 22.7. The third kappa shape index (κ3) is 4.37. The van der Waals surface area contributed by atoms with E-state index in [0.29, 0.717) is 29.6 Å². The summed E-state index contributed by atoms with van der Waals surface area (Å²) in [5.41, 5.74) is -1.94. The number of ether oxygens (including phenoxy) is 2. The van der Waals surface area contributed by atoms with Crippen LogP contribution < -0.4 is 0 Å². The Morgan fingerprint density at radius 1 is 0.907 bits per heavy atom. The van der Waals surface area contributed by atoms with Crippen molar-refractivity contribution < 1.29 is 53.6 Å². The maximum Gasteiger partial charge on any atom is 0.338 e. The largest absolute Gasteiger partial charge is 0.461 e. The average Bonchev–Trinajstić information content (AvgIpc) is 3.86. The van der Waals surface area contributed by atoms with Crippen LogP contribution >= 0.6 is 0 Å². The Morgan fingerprint density at radius 2 is 1.40 bits per heavy atom. The Bertz CT molecular complexity index is 1900. The van der Waals surface area contributed by atoms with Gasteiger partial charge in [-0.15, -0.1) is 7.77 Å². The predicted octanol–water partition coefficient (Wildman–Crippen LogP) is 3.52. The van der Waals surface area contributed by atoms with Gasteiger partial charge in [0.25, 0.3) is 0 Å². The van der Waals surface area contributed by atoms with Crippen LogP contribution in [0.3, 0.4) is 0 Å². The van der Waals surface area contributed by atoms with E-state index in [4.69, 9.17) is 9.47 Å².